The van der Waals surface area contributed by atoms with Gasteiger partial charge in [0.15, 0.2) is 0 Å². The van der Waals surface area contributed by atoms with Crippen LogP contribution < -0.4 is 5.73 Å². The molecule has 1 saturated carbocycles. The van der Waals surface area contributed by atoms with Gasteiger partial charge in [0.05, 0.1) is 6.04 Å². The molecule has 1 unspecified atom stereocenters. The van der Waals surface area contributed by atoms with Crippen LogP contribution in [0.4, 0.5) is 5.82 Å². The Morgan fingerprint density at radius 2 is 2.38 bits per heavy atom. The van der Waals surface area contributed by atoms with Crippen molar-refractivity contribution < 1.29 is 0 Å². The zero-order valence-electron chi connectivity index (χ0n) is 8.33. The van der Waals surface area contributed by atoms with E-state index < -0.39 is 0 Å². The number of nitrogen functional groups attached to an aromatic ring is 1. The second-order valence-electron chi connectivity index (χ2n) is 3.94. The molecule has 1 aliphatic carbocycles. The van der Waals surface area contributed by atoms with Crippen molar-refractivity contribution in [3.05, 3.63) is 11.8 Å². The number of rotatable bonds is 3. The predicted octanol–water partition coefficient (Wildman–Crippen LogP) is 2.00. The highest BCUT2D eigenvalue weighted by Crippen LogP contribution is 2.39. The minimum Gasteiger partial charge on any atom is -0.382 e. The largest absolute Gasteiger partial charge is 0.382 e. The smallest absolute Gasteiger partial charge is 0.145 e. The van der Waals surface area contributed by atoms with Gasteiger partial charge in [-0.2, -0.15) is 5.10 Å². The quantitative estimate of drug-likeness (QED) is 0.771. The first-order valence-corrected chi connectivity index (χ1v) is 5.06. The number of nitrogens with two attached hydrogens (primary N) is 1. The molecule has 1 aromatic heterocycles. The lowest BCUT2D eigenvalue weighted by molar-refractivity contribution is 0.428. The molecule has 0 bridgehead atoms. The maximum absolute atomic E-state index is 5.68. The van der Waals surface area contributed by atoms with Gasteiger partial charge in [0.1, 0.15) is 5.82 Å². The van der Waals surface area contributed by atoms with Crippen LogP contribution in [0.25, 0.3) is 0 Å². The van der Waals surface area contributed by atoms with Gasteiger partial charge in [0.2, 0.25) is 0 Å². The highest BCUT2D eigenvalue weighted by atomic mass is 15.3. The Bertz CT molecular complexity index is 299. The first-order valence-electron chi connectivity index (χ1n) is 5.06. The minimum absolute atomic E-state index is 0.534. The van der Waals surface area contributed by atoms with Gasteiger partial charge in [0, 0.05) is 11.8 Å². The topological polar surface area (TPSA) is 43.8 Å². The van der Waals surface area contributed by atoms with Gasteiger partial charge < -0.3 is 5.73 Å². The van der Waals surface area contributed by atoms with Crippen molar-refractivity contribution in [2.24, 2.45) is 5.92 Å². The lowest BCUT2D eigenvalue weighted by Gasteiger charge is -2.13. The van der Waals surface area contributed by atoms with E-state index in [1.54, 1.807) is 0 Å². The van der Waals surface area contributed by atoms with Crippen LogP contribution in [0.3, 0.4) is 0 Å². The first-order chi connectivity index (χ1) is 6.22. The molecule has 2 rings (SSSR count). The van der Waals surface area contributed by atoms with E-state index in [9.17, 15) is 0 Å². The molecule has 1 heterocycles. The van der Waals surface area contributed by atoms with E-state index in [1.807, 2.05) is 6.07 Å². The normalized spacial score (nSPS) is 18.9. The van der Waals surface area contributed by atoms with Crippen molar-refractivity contribution in [1.29, 1.82) is 0 Å². The van der Waals surface area contributed by atoms with Crippen LogP contribution in [-0.4, -0.2) is 9.78 Å². The van der Waals surface area contributed by atoms with Gasteiger partial charge in [-0.25, -0.2) is 0 Å². The third-order valence-corrected chi connectivity index (χ3v) is 2.88. The zero-order valence-corrected chi connectivity index (χ0v) is 8.33. The Labute approximate surface area is 78.9 Å². The molecule has 3 heteroatoms. The summed E-state index contributed by atoms with van der Waals surface area (Å²) in [6.45, 7) is 4.38. The third kappa shape index (κ3) is 1.55. The summed E-state index contributed by atoms with van der Waals surface area (Å²) >= 11 is 0. The molecule has 1 aliphatic rings. The van der Waals surface area contributed by atoms with Crippen molar-refractivity contribution in [2.75, 3.05) is 5.73 Å². The van der Waals surface area contributed by atoms with Crippen LogP contribution in [0.15, 0.2) is 6.07 Å². The van der Waals surface area contributed by atoms with Gasteiger partial charge in [-0.3, -0.25) is 4.68 Å². The molecular weight excluding hydrogens is 162 g/mol. The summed E-state index contributed by atoms with van der Waals surface area (Å²) in [5, 5.41) is 4.34. The van der Waals surface area contributed by atoms with Crippen molar-refractivity contribution >= 4 is 5.82 Å². The molecule has 0 amide bonds. The average molecular weight is 179 g/mol. The standard InChI is InChI=1S/C10H17N3/c1-3-9-6-10(11)12-13(9)7(2)8-4-5-8/h6-8H,3-5H2,1-2H3,(H2,11,12). The van der Waals surface area contributed by atoms with Gasteiger partial charge in [-0.15, -0.1) is 0 Å². The predicted molar refractivity (Wildman–Crippen MR) is 53.5 cm³/mol. The molecule has 1 atom stereocenters. The number of hydrogen-bond acceptors (Lipinski definition) is 2. The summed E-state index contributed by atoms with van der Waals surface area (Å²) in [6, 6.07) is 2.52. The van der Waals surface area contributed by atoms with Crippen LogP contribution in [-0.2, 0) is 6.42 Å². The fourth-order valence-corrected chi connectivity index (χ4v) is 1.85. The first kappa shape index (κ1) is 8.60. The molecule has 0 spiro atoms. The Hall–Kier alpha value is -0.990. The SMILES string of the molecule is CCc1cc(N)nn1C(C)C1CC1. The minimum atomic E-state index is 0.534. The summed E-state index contributed by atoms with van der Waals surface area (Å²) in [4.78, 5) is 0. The van der Waals surface area contributed by atoms with Crippen molar-refractivity contribution in [1.82, 2.24) is 9.78 Å². The Balaban J connectivity index is 2.25. The lowest BCUT2D eigenvalue weighted by atomic mass is 10.2. The fraction of sp³-hybridized carbons (Fsp3) is 0.700. The molecule has 0 aliphatic heterocycles. The molecule has 72 valence electrons. The van der Waals surface area contributed by atoms with Crippen LogP contribution >= 0.6 is 0 Å². The number of nitrogens with zero attached hydrogens (tertiary/aromatic N) is 2. The molecule has 0 saturated heterocycles. The number of aromatic nitrogens is 2. The van der Waals surface area contributed by atoms with Crippen LogP contribution in [0.2, 0.25) is 0 Å². The Kier molecular flexibility index (Phi) is 2.02. The highest BCUT2D eigenvalue weighted by molar-refractivity contribution is 5.29. The molecule has 3 nitrogen and oxygen atoms in total. The van der Waals surface area contributed by atoms with Crippen LogP contribution in [0, 0.1) is 5.92 Å². The summed E-state index contributed by atoms with van der Waals surface area (Å²) < 4.78 is 2.10. The van der Waals surface area contributed by atoms with E-state index in [0.29, 0.717) is 11.9 Å². The lowest BCUT2D eigenvalue weighted by Crippen LogP contribution is -2.12. The van der Waals surface area contributed by atoms with E-state index in [-0.39, 0.29) is 0 Å². The second-order valence-corrected chi connectivity index (χ2v) is 3.94. The Morgan fingerprint density at radius 1 is 1.69 bits per heavy atom. The monoisotopic (exact) mass is 179 g/mol. The molecule has 2 N–H and O–H groups in total. The molecular formula is C10H17N3. The summed E-state index contributed by atoms with van der Waals surface area (Å²) in [7, 11) is 0. The van der Waals surface area contributed by atoms with Gasteiger partial charge in [-0.05, 0) is 32.1 Å². The molecule has 0 aromatic carbocycles. The number of hydrogen-bond donors (Lipinski definition) is 1. The maximum atomic E-state index is 5.68. The number of aryl methyl sites for hydroxylation is 1. The molecule has 1 fully saturated rings. The summed E-state index contributed by atoms with van der Waals surface area (Å²) in [6.07, 6.45) is 3.72. The van der Waals surface area contributed by atoms with Crippen LogP contribution in [0.1, 0.15) is 38.4 Å². The van der Waals surface area contributed by atoms with E-state index in [4.69, 9.17) is 5.73 Å². The molecule has 13 heavy (non-hydrogen) atoms. The third-order valence-electron chi connectivity index (χ3n) is 2.88. The summed E-state index contributed by atoms with van der Waals surface area (Å²) in [5.41, 5.74) is 6.94. The second kappa shape index (κ2) is 3.05. The van der Waals surface area contributed by atoms with E-state index in [0.717, 1.165) is 12.3 Å². The van der Waals surface area contributed by atoms with Crippen molar-refractivity contribution in [3.8, 4) is 0 Å². The van der Waals surface area contributed by atoms with Gasteiger partial charge in [0.25, 0.3) is 0 Å². The Morgan fingerprint density at radius 3 is 2.92 bits per heavy atom. The van der Waals surface area contributed by atoms with E-state index >= 15 is 0 Å². The fourth-order valence-electron chi connectivity index (χ4n) is 1.85. The van der Waals surface area contributed by atoms with Gasteiger partial charge >= 0.3 is 0 Å². The maximum Gasteiger partial charge on any atom is 0.145 e. The number of anilines is 1. The van der Waals surface area contributed by atoms with Crippen LogP contribution in [0.5, 0.6) is 0 Å². The van der Waals surface area contributed by atoms with Crippen molar-refractivity contribution in [3.63, 3.8) is 0 Å². The highest BCUT2D eigenvalue weighted by Gasteiger charge is 2.30. The summed E-state index contributed by atoms with van der Waals surface area (Å²) in [5.74, 6) is 1.49. The zero-order chi connectivity index (χ0) is 9.42. The molecule has 0 radical (unpaired) electrons. The molecule has 1 aromatic rings. The van der Waals surface area contributed by atoms with E-state index in [1.165, 1.54) is 18.5 Å². The average Bonchev–Trinajstić information content (AvgIpc) is 2.88. The van der Waals surface area contributed by atoms with E-state index in [2.05, 4.69) is 23.6 Å². The van der Waals surface area contributed by atoms with Gasteiger partial charge in [-0.1, -0.05) is 6.92 Å². The van der Waals surface area contributed by atoms with Crippen molar-refractivity contribution in [2.45, 2.75) is 39.2 Å².